The third-order valence-electron chi connectivity index (χ3n) is 6.16. The summed E-state index contributed by atoms with van der Waals surface area (Å²) in [7, 11) is 0. The van der Waals surface area contributed by atoms with Gasteiger partial charge in [0, 0.05) is 18.1 Å². The Hall–Kier alpha value is -2.30. The second kappa shape index (κ2) is 9.23. The molecule has 0 aliphatic carbocycles. The van der Waals surface area contributed by atoms with Crippen LogP contribution in [0.3, 0.4) is 0 Å². The van der Waals surface area contributed by atoms with Crippen LogP contribution in [-0.4, -0.2) is 28.4 Å². The van der Waals surface area contributed by atoms with E-state index in [4.69, 9.17) is 11.6 Å². The summed E-state index contributed by atoms with van der Waals surface area (Å²) in [6.07, 6.45) is 6.73. The number of carbonyl (C=O) groups excluding carboxylic acids is 1. The lowest BCUT2D eigenvalue weighted by Gasteiger charge is -2.42. The molecule has 0 radical (unpaired) electrons. The van der Waals surface area contributed by atoms with Crippen LogP contribution in [0.4, 0.5) is 0 Å². The second-order valence-corrected chi connectivity index (χ2v) is 8.78. The minimum Gasteiger partial charge on any atom is -0.331 e. The number of hydrogen-bond acceptors (Lipinski definition) is 3. The molecule has 0 spiro atoms. The first-order valence-corrected chi connectivity index (χ1v) is 11.3. The van der Waals surface area contributed by atoms with E-state index in [9.17, 15) is 4.79 Å². The van der Waals surface area contributed by atoms with E-state index in [2.05, 4.69) is 48.6 Å². The summed E-state index contributed by atoms with van der Waals surface area (Å²) in [5, 5.41) is 2.85. The van der Waals surface area contributed by atoms with E-state index in [1.165, 1.54) is 30.4 Å². The first-order chi connectivity index (χ1) is 14.6. The highest BCUT2D eigenvalue weighted by atomic mass is 35.5. The van der Waals surface area contributed by atoms with E-state index in [1.54, 1.807) is 0 Å². The number of unbranched alkanes of at least 4 members (excludes halogenated alkanes) is 2. The van der Waals surface area contributed by atoms with Crippen molar-refractivity contribution in [2.45, 2.75) is 58.2 Å². The highest BCUT2D eigenvalue weighted by Crippen LogP contribution is 2.33. The maximum absolute atomic E-state index is 13.4. The van der Waals surface area contributed by atoms with E-state index in [1.807, 2.05) is 35.2 Å². The molecule has 2 aromatic rings. The van der Waals surface area contributed by atoms with Gasteiger partial charge >= 0.3 is 0 Å². The fourth-order valence-corrected chi connectivity index (χ4v) is 4.50. The molecule has 2 heterocycles. The Kier molecular flexibility index (Phi) is 6.45. The van der Waals surface area contributed by atoms with Crippen LogP contribution in [0, 0.1) is 6.92 Å². The van der Waals surface area contributed by atoms with E-state index in [0.717, 1.165) is 29.2 Å². The molecule has 4 rings (SSSR count). The van der Waals surface area contributed by atoms with Crippen LogP contribution in [0.25, 0.3) is 0 Å². The summed E-state index contributed by atoms with van der Waals surface area (Å²) in [5.41, 5.74) is 7.92. The molecule has 4 nitrogen and oxygen atoms in total. The molecule has 2 aromatic carbocycles. The Morgan fingerprint density at radius 2 is 1.87 bits per heavy atom. The molecule has 0 saturated carbocycles. The Morgan fingerprint density at radius 3 is 2.60 bits per heavy atom. The van der Waals surface area contributed by atoms with Gasteiger partial charge in [-0.25, -0.2) is 5.43 Å². The van der Waals surface area contributed by atoms with Crippen molar-refractivity contribution in [1.29, 1.82) is 0 Å². The first kappa shape index (κ1) is 21.0. The van der Waals surface area contributed by atoms with Crippen molar-refractivity contribution in [1.82, 2.24) is 15.3 Å². The van der Waals surface area contributed by atoms with Crippen molar-refractivity contribution in [2.75, 3.05) is 6.54 Å². The molecule has 1 saturated heterocycles. The Bertz CT molecular complexity index is 924. The summed E-state index contributed by atoms with van der Waals surface area (Å²) >= 11 is 6.06. The van der Waals surface area contributed by atoms with Gasteiger partial charge in [0.15, 0.2) is 0 Å². The van der Waals surface area contributed by atoms with Gasteiger partial charge in [0.25, 0.3) is 5.91 Å². The highest BCUT2D eigenvalue weighted by Gasteiger charge is 2.40. The molecule has 5 heteroatoms. The van der Waals surface area contributed by atoms with Gasteiger partial charge in [-0.2, -0.15) is 0 Å². The van der Waals surface area contributed by atoms with Crippen molar-refractivity contribution < 1.29 is 4.79 Å². The number of rotatable bonds is 7. The number of aryl methyl sites for hydroxylation is 1. The lowest BCUT2D eigenvalue weighted by molar-refractivity contribution is -0.135. The maximum atomic E-state index is 13.4. The Balaban J connectivity index is 1.59. The molecule has 1 amide bonds. The second-order valence-electron chi connectivity index (χ2n) is 8.34. The van der Waals surface area contributed by atoms with Crippen LogP contribution < -0.4 is 5.43 Å². The number of benzene rings is 2. The predicted octanol–water partition coefficient (Wildman–Crippen LogP) is 5.38. The Labute approximate surface area is 184 Å². The van der Waals surface area contributed by atoms with Gasteiger partial charge in [-0.3, -0.25) is 9.80 Å². The minimum atomic E-state index is -0.00620. The van der Waals surface area contributed by atoms with Crippen LogP contribution in [0.1, 0.15) is 55.3 Å². The van der Waals surface area contributed by atoms with Gasteiger partial charge in [-0.1, -0.05) is 74.2 Å². The third kappa shape index (κ3) is 4.40. The number of fused-ring (bicyclic) bond motifs is 1. The van der Waals surface area contributed by atoms with Crippen molar-refractivity contribution in [3.63, 3.8) is 0 Å². The number of nitrogens with zero attached hydrogens (tertiary/aromatic N) is 2. The number of halogens is 1. The zero-order valence-corrected chi connectivity index (χ0v) is 18.5. The zero-order chi connectivity index (χ0) is 21.1. The molecular weight excluding hydrogens is 394 g/mol. The fourth-order valence-electron chi connectivity index (χ4n) is 4.37. The van der Waals surface area contributed by atoms with Crippen LogP contribution in [0.2, 0.25) is 5.02 Å². The number of amides is 1. The molecule has 0 aromatic heterocycles. The third-order valence-corrected chi connectivity index (χ3v) is 6.41. The summed E-state index contributed by atoms with van der Waals surface area (Å²) in [6, 6.07) is 16.5. The number of piperazine rings is 1. The first-order valence-electron chi connectivity index (χ1n) is 10.9. The predicted molar refractivity (Wildman–Crippen MR) is 122 cm³/mol. The molecule has 1 N–H and O–H groups in total. The molecule has 1 fully saturated rings. The molecule has 2 atom stereocenters. The van der Waals surface area contributed by atoms with Crippen molar-refractivity contribution >= 4 is 17.5 Å². The topological polar surface area (TPSA) is 35.6 Å². The lowest BCUT2D eigenvalue weighted by atomic mass is 10.0. The average molecular weight is 424 g/mol. The normalized spacial score (nSPS) is 21.0. The van der Waals surface area contributed by atoms with E-state index < -0.39 is 0 Å². The summed E-state index contributed by atoms with van der Waals surface area (Å²) in [5.74, 6) is 0.106. The van der Waals surface area contributed by atoms with Gasteiger partial charge in [0.1, 0.15) is 5.70 Å². The lowest BCUT2D eigenvalue weighted by Crippen LogP contribution is -2.56. The quantitative estimate of drug-likeness (QED) is 0.607. The van der Waals surface area contributed by atoms with Crippen molar-refractivity contribution in [2.24, 2.45) is 0 Å². The molecule has 2 aliphatic heterocycles. The van der Waals surface area contributed by atoms with Gasteiger partial charge in [0.2, 0.25) is 0 Å². The molecule has 0 bridgehead atoms. The fraction of sp³-hybridized carbons (Fsp3) is 0.400. The van der Waals surface area contributed by atoms with Gasteiger partial charge in [0.05, 0.1) is 12.1 Å². The molecule has 2 unspecified atom stereocenters. The molecular formula is C25H30ClN3O. The van der Waals surface area contributed by atoms with Gasteiger partial charge in [-0.05, 0) is 48.2 Å². The minimum absolute atomic E-state index is 0.00620. The Morgan fingerprint density at radius 1 is 1.10 bits per heavy atom. The van der Waals surface area contributed by atoms with Crippen LogP contribution in [0.15, 0.2) is 60.3 Å². The van der Waals surface area contributed by atoms with Crippen molar-refractivity contribution in [3.8, 4) is 0 Å². The largest absolute Gasteiger partial charge is 0.331 e. The average Bonchev–Trinajstić information content (AvgIpc) is 3.19. The van der Waals surface area contributed by atoms with E-state index >= 15 is 0 Å². The van der Waals surface area contributed by atoms with E-state index in [0.29, 0.717) is 6.54 Å². The van der Waals surface area contributed by atoms with Gasteiger partial charge < -0.3 is 4.90 Å². The summed E-state index contributed by atoms with van der Waals surface area (Å²) < 4.78 is 0. The van der Waals surface area contributed by atoms with Crippen LogP contribution in [-0.2, 0) is 11.3 Å². The number of hydrogen-bond donors (Lipinski definition) is 1. The summed E-state index contributed by atoms with van der Waals surface area (Å²) in [6.45, 7) is 5.74. The molecule has 30 heavy (non-hydrogen) atoms. The van der Waals surface area contributed by atoms with Gasteiger partial charge in [-0.15, -0.1) is 0 Å². The SMILES string of the molecule is CCCCCC1CN(Cc2ccccc2C)C(=O)C2=CC(c3ccc(Cl)cc3)NN21. The monoisotopic (exact) mass is 423 g/mol. The smallest absolute Gasteiger partial charge is 0.271 e. The highest BCUT2D eigenvalue weighted by molar-refractivity contribution is 6.30. The van der Waals surface area contributed by atoms with E-state index in [-0.39, 0.29) is 18.0 Å². The number of hydrazine groups is 1. The molecule has 158 valence electrons. The summed E-state index contributed by atoms with van der Waals surface area (Å²) in [4.78, 5) is 15.4. The maximum Gasteiger partial charge on any atom is 0.271 e. The van der Waals surface area contributed by atoms with Crippen molar-refractivity contribution in [3.05, 3.63) is 82.0 Å². The number of nitrogens with one attached hydrogen (secondary N) is 1. The standard InChI is InChI=1S/C25H30ClN3O/c1-3-4-5-10-22-17-28(16-20-9-7-6-8-18(20)2)25(30)24-15-23(27-29(22)24)19-11-13-21(26)14-12-19/h6-9,11-15,22-23,27H,3-5,10,16-17H2,1-2H3. The molecule has 2 aliphatic rings. The van der Waals surface area contributed by atoms with Crippen LogP contribution >= 0.6 is 11.6 Å². The van der Waals surface area contributed by atoms with Crippen LogP contribution in [0.5, 0.6) is 0 Å². The zero-order valence-electron chi connectivity index (χ0n) is 17.8. The number of carbonyl (C=O) groups is 1.